The molecule has 0 fully saturated rings. The normalized spacial score (nSPS) is 10.8. The van der Waals surface area contributed by atoms with Crippen LogP contribution in [0.3, 0.4) is 0 Å². The maximum atomic E-state index is 14.8. The number of pyridine rings is 1. The number of esters is 1. The van der Waals surface area contributed by atoms with Gasteiger partial charge < -0.3 is 14.4 Å². The molecule has 0 aliphatic carbocycles. The lowest BCUT2D eigenvalue weighted by molar-refractivity contribution is 0.0603. The summed E-state index contributed by atoms with van der Waals surface area (Å²) < 4.78 is 24.8. The van der Waals surface area contributed by atoms with Crippen LogP contribution in [-0.2, 0) is 4.74 Å². The number of halogens is 1. The van der Waals surface area contributed by atoms with Crippen molar-refractivity contribution in [1.29, 1.82) is 0 Å². The summed E-state index contributed by atoms with van der Waals surface area (Å²) in [4.78, 5) is 19.1. The third-order valence-electron chi connectivity index (χ3n) is 4.83. The lowest BCUT2D eigenvalue weighted by Gasteiger charge is -2.23. The monoisotopic (exact) mass is 382 g/mol. The van der Waals surface area contributed by atoms with E-state index in [0.717, 1.165) is 18.5 Å². The molecule has 3 aromatic rings. The molecule has 0 saturated carbocycles. The topological polar surface area (TPSA) is 51.7 Å². The van der Waals surface area contributed by atoms with Crippen LogP contribution >= 0.6 is 0 Å². The smallest absolute Gasteiger partial charge is 0.338 e. The van der Waals surface area contributed by atoms with Crippen molar-refractivity contribution in [3.63, 3.8) is 0 Å². The first-order chi connectivity index (χ1) is 13.5. The van der Waals surface area contributed by atoms with E-state index in [0.29, 0.717) is 33.6 Å². The molecule has 3 rings (SSSR count). The summed E-state index contributed by atoms with van der Waals surface area (Å²) in [6.07, 6.45) is 1.65. The van der Waals surface area contributed by atoms with E-state index >= 15 is 0 Å². The van der Waals surface area contributed by atoms with E-state index in [1.807, 2.05) is 19.9 Å². The number of carbonyl (C=O) groups is 1. The first kappa shape index (κ1) is 19.6. The number of ether oxygens (including phenoxy) is 2. The molecule has 0 unspecified atom stereocenters. The number of fused-ring (bicyclic) bond motifs is 1. The second kappa shape index (κ2) is 8.25. The minimum Gasteiger partial charge on any atom is -0.497 e. The molecule has 0 spiro atoms. The first-order valence-corrected chi connectivity index (χ1v) is 9.14. The fourth-order valence-electron chi connectivity index (χ4n) is 3.38. The minimum atomic E-state index is -0.451. The van der Waals surface area contributed by atoms with Crippen LogP contribution in [0.15, 0.2) is 42.6 Å². The van der Waals surface area contributed by atoms with Crippen molar-refractivity contribution in [2.75, 3.05) is 32.2 Å². The van der Waals surface area contributed by atoms with E-state index in [1.54, 1.807) is 30.5 Å². The van der Waals surface area contributed by atoms with E-state index in [-0.39, 0.29) is 0 Å². The third kappa shape index (κ3) is 3.38. The maximum Gasteiger partial charge on any atom is 0.338 e. The molecule has 0 radical (unpaired) electrons. The molecule has 146 valence electrons. The molecule has 5 nitrogen and oxygen atoms in total. The average Bonchev–Trinajstić information content (AvgIpc) is 2.73. The zero-order valence-electron chi connectivity index (χ0n) is 16.5. The highest BCUT2D eigenvalue weighted by Crippen LogP contribution is 2.37. The van der Waals surface area contributed by atoms with Gasteiger partial charge in [-0.25, -0.2) is 14.2 Å². The minimum absolute atomic E-state index is 0.395. The lowest BCUT2D eigenvalue weighted by Crippen LogP contribution is -2.24. The number of methoxy groups -OCH3 is 2. The van der Waals surface area contributed by atoms with Gasteiger partial charge in [-0.15, -0.1) is 0 Å². The second-order valence-corrected chi connectivity index (χ2v) is 6.23. The highest BCUT2D eigenvalue weighted by Gasteiger charge is 2.21. The zero-order chi connectivity index (χ0) is 20.3. The Hall–Kier alpha value is -3.15. The molecular weight excluding hydrogens is 359 g/mol. The molecular formula is C22H23FN2O3. The summed E-state index contributed by atoms with van der Waals surface area (Å²) in [6, 6.07) is 10.0. The number of hydrogen-bond acceptors (Lipinski definition) is 5. The molecule has 0 atom stereocenters. The van der Waals surface area contributed by atoms with Crippen molar-refractivity contribution in [3.8, 4) is 16.9 Å². The van der Waals surface area contributed by atoms with Gasteiger partial charge in [0.25, 0.3) is 0 Å². The summed E-state index contributed by atoms with van der Waals surface area (Å²) in [5, 5.41) is 1.40. The molecule has 0 aliphatic rings. The van der Waals surface area contributed by atoms with E-state index < -0.39 is 11.8 Å². The van der Waals surface area contributed by atoms with E-state index in [1.165, 1.54) is 20.3 Å². The van der Waals surface area contributed by atoms with E-state index in [9.17, 15) is 9.18 Å². The largest absolute Gasteiger partial charge is 0.497 e. The molecule has 0 bridgehead atoms. The Bertz CT molecular complexity index is 1020. The Morgan fingerprint density at radius 3 is 2.46 bits per heavy atom. The van der Waals surface area contributed by atoms with E-state index in [2.05, 4.69) is 9.88 Å². The average molecular weight is 382 g/mol. The van der Waals surface area contributed by atoms with Gasteiger partial charge in [0.2, 0.25) is 0 Å². The SMILES string of the molecule is CCN(CC)c1ncc(-c2ccc(OC)cc2F)c2cccc(C(=O)OC)c12. The Morgan fingerprint density at radius 1 is 1.11 bits per heavy atom. The number of aromatic nitrogens is 1. The van der Waals surface area contributed by atoms with E-state index in [4.69, 9.17) is 9.47 Å². The summed E-state index contributed by atoms with van der Waals surface area (Å²) >= 11 is 0. The highest BCUT2D eigenvalue weighted by atomic mass is 19.1. The first-order valence-electron chi connectivity index (χ1n) is 9.14. The van der Waals surface area contributed by atoms with Crippen LogP contribution in [-0.4, -0.2) is 38.3 Å². The van der Waals surface area contributed by atoms with Crippen molar-refractivity contribution >= 4 is 22.6 Å². The quantitative estimate of drug-likeness (QED) is 0.579. The van der Waals surface area contributed by atoms with Crippen LogP contribution in [0, 0.1) is 5.82 Å². The van der Waals surface area contributed by atoms with Gasteiger partial charge >= 0.3 is 5.97 Å². The van der Waals surface area contributed by atoms with Crippen LogP contribution in [0.2, 0.25) is 0 Å². The van der Waals surface area contributed by atoms with Crippen molar-refractivity contribution in [3.05, 3.63) is 54.0 Å². The van der Waals surface area contributed by atoms with Gasteiger partial charge in [-0.3, -0.25) is 0 Å². The Labute approximate surface area is 163 Å². The zero-order valence-corrected chi connectivity index (χ0v) is 16.5. The summed E-state index contributed by atoms with van der Waals surface area (Å²) in [5.41, 5.74) is 1.41. The van der Waals surface area contributed by atoms with Crippen LogP contribution in [0.1, 0.15) is 24.2 Å². The van der Waals surface area contributed by atoms with Gasteiger partial charge in [-0.2, -0.15) is 0 Å². The van der Waals surface area contributed by atoms with Gasteiger partial charge in [0, 0.05) is 41.9 Å². The predicted octanol–water partition coefficient (Wildman–Crippen LogP) is 4.68. The molecule has 28 heavy (non-hydrogen) atoms. The summed E-state index contributed by atoms with van der Waals surface area (Å²) in [6.45, 7) is 5.50. The Morgan fingerprint density at radius 2 is 1.86 bits per heavy atom. The van der Waals surface area contributed by atoms with Crippen molar-refractivity contribution in [2.45, 2.75) is 13.8 Å². The molecule has 0 amide bonds. The molecule has 1 heterocycles. The fourth-order valence-corrected chi connectivity index (χ4v) is 3.38. The van der Waals surface area contributed by atoms with Crippen LogP contribution in [0.25, 0.3) is 21.9 Å². The highest BCUT2D eigenvalue weighted by molar-refractivity contribution is 6.12. The molecule has 0 aliphatic heterocycles. The molecule has 1 aromatic heterocycles. The Balaban J connectivity index is 2.36. The third-order valence-corrected chi connectivity index (χ3v) is 4.83. The maximum absolute atomic E-state index is 14.8. The number of hydrogen-bond donors (Lipinski definition) is 0. The summed E-state index contributed by atoms with van der Waals surface area (Å²) in [7, 11) is 2.84. The van der Waals surface area contributed by atoms with Gasteiger partial charge in [0.05, 0.1) is 19.8 Å². The fraction of sp³-hybridized carbons (Fsp3) is 0.273. The number of benzene rings is 2. The number of nitrogens with zero attached hydrogens (tertiary/aromatic N) is 2. The molecule has 0 saturated heterocycles. The van der Waals surface area contributed by atoms with Crippen molar-refractivity contribution in [2.24, 2.45) is 0 Å². The number of rotatable bonds is 6. The van der Waals surface area contributed by atoms with Crippen LogP contribution < -0.4 is 9.64 Å². The van der Waals surface area contributed by atoms with Gasteiger partial charge in [-0.05, 0) is 37.4 Å². The van der Waals surface area contributed by atoms with Gasteiger partial charge in [-0.1, -0.05) is 12.1 Å². The predicted molar refractivity (Wildman–Crippen MR) is 109 cm³/mol. The lowest BCUT2D eigenvalue weighted by atomic mass is 9.96. The molecule has 6 heteroatoms. The van der Waals surface area contributed by atoms with Gasteiger partial charge in [0.15, 0.2) is 0 Å². The summed E-state index contributed by atoms with van der Waals surface area (Å²) in [5.74, 6) is 0.252. The number of anilines is 1. The molecule has 2 aromatic carbocycles. The standard InChI is InChI=1S/C22H23FN2O3/c1-5-25(6-2)21-20-16(8-7-9-17(20)22(26)28-4)18(13-24-21)15-11-10-14(27-3)12-19(15)23/h7-13H,5-6H2,1-4H3. The van der Waals surface area contributed by atoms with Crippen molar-refractivity contribution < 1.29 is 18.7 Å². The van der Waals surface area contributed by atoms with Crippen LogP contribution in [0.5, 0.6) is 5.75 Å². The number of carbonyl (C=O) groups excluding carboxylic acids is 1. The molecule has 0 N–H and O–H groups in total. The van der Waals surface area contributed by atoms with Crippen molar-refractivity contribution in [1.82, 2.24) is 4.98 Å². The van der Waals surface area contributed by atoms with Crippen LogP contribution in [0.4, 0.5) is 10.2 Å². The van der Waals surface area contributed by atoms with Gasteiger partial charge in [0.1, 0.15) is 17.4 Å². The Kier molecular flexibility index (Phi) is 5.78. The second-order valence-electron chi connectivity index (χ2n) is 6.23.